The smallest absolute Gasteiger partial charge is 0.106 e. The highest BCUT2D eigenvalue weighted by Gasteiger charge is 2.26. The van der Waals surface area contributed by atoms with Gasteiger partial charge in [0, 0.05) is 19.1 Å². The molecule has 1 aliphatic rings. The lowest BCUT2D eigenvalue weighted by atomic mass is 10.0. The first-order chi connectivity index (χ1) is 12.7. The van der Waals surface area contributed by atoms with Crippen LogP contribution in [0.1, 0.15) is 35.8 Å². The maximum atomic E-state index is 9.43. The summed E-state index contributed by atoms with van der Waals surface area (Å²) in [4.78, 5) is 6.87. The molecule has 2 aromatic carbocycles. The number of piperidine rings is 1. The molecule has 0 saturated carbocycles. The van der Waals surface area contributed by atoms with Crippen molar-refractivity contribution in [2.75, 3.05) is 18.0 Å². The number of imidazole rings is 1. The van der Waals surface area contributed by atoms with Crippen molar-refractivity contribution in [3.8, 4) is 12.1 Å². The van der Waals surface area contributed by atoms with Gasteiger partial charge in [0.1, 0.15) is 18.0 Å². The molecule has 0 spiro atoms. The van der Waals surface area contributed by atoms with Crippen LogP contribution >= 0.6 is 0 Å². The molecule has 1 aliphatic heterocycles. The number of hydrogen-bond donors (Lipinski definition) is 0. The minimum atomic E-state index is 0.387. The molecule has 128 valence electrons. The monoisotopic (exact) mass is 341 g/mol. The zero-order chi connectivity index (χ0) is 18.1. The first kappa shape index (κ1) is 16.2. The SMILES string of the molecule is Cc1nc2ccccc2n1C1CCN(c2c(C#N)cccc2C#N)CC1. The van der Waals surface area contributed by atoms with Crippen LogP contribution in [0.2, 0.25) is 0 Å². The number of fused-ring (bicyclic) bond motifs is 1. The Morgan fingerprint density at radius 1 is 0.962 bits per heavy atom. The lowest BCUT2D eigenvalue weighted by molar-refractivity contribution is 0.398. The number of aromatic nitrogens is 2. The maximum Gasteiger partial charge on any atom is 0.106 e. The van der Waals surface area contributed by atoms with Gasteiger partial charge in [0.05, 0.1) is 27.8 Å². The van der Waals surface area contributed by atoms with Crippen LogP contribution in [0.5, 0.6) is 0 Å². The average molecular weight is 341 g/mol. The van der Waals surface area contributed by atoms with E-state index in [1.807, 2.05) is 6.07 Å². The predicted molar refractivity (Wildman–Crippen MR) is 101 cm³/mol. The minimum Gasteiger partial charge on any atom is -0.369 e. The molecule has 26 heavy (non-hydrogen) atoms. The third kappa shape index (κ3) is 2.59. The molecule has 4 rings (SSSR count). The molecular formula is C21H19N5. The second-order valence-electron chi connectivity index (χ2n) is 6.66. The molecule has 0 radical (unpaired) electrons. The van der Waals surface area contributed by atoms with Gasteiger partial charge in [-0.2, -0.15) is 10.5 Å². The molecule has 5 nitrogen and oxygen atoms in total. The normalized spacial score (nSPS) is 15.0. The maximum absolute atomic E-state index is 9.43. The topological polar surface area (TPSA) is 68.6 Å². The van der Waals surface area contributed by atoms with Crippen molar-refractivity contribution >= 4 is 16.7 Å². The van der Waals surface area contributed by atoms with E-state index in [0.29, 0.717) is 17.2 Å². The summed E-state index contributed by atoms with van der Waals surface area (Å²) in [5.41, 5.74) is 4.15. The van der Waals surface area contributed by atoms with Gasteiger partial charge in [0.25, 0.3) is 0 Å². The zero-order valence-electron chi connectivity index (χ0n) is 14.7. The Morgan fingerprint density at radius 2 is 1.62 bits per heavy atom. The summed E-state index contributed by atoms with van der Waals surface area (Å²) >= 11 is 0. The Kier molecular flexibility index (Phi) is 4.07. The van der Waals surface area contributed by atoms with Crippen LogP contribution in [0.15, 0.2) is 42.5 Å². The lowest BCUT2D eigenvalue weighted by Gasteiger charge is -2.35. The van der Waals surface area contributed by atoms with Crippen molar-refractivity contribution in [2.24, 2.45) is 0 Å². The van der Waals surface area contributed by atoms with Gasteiger partial charge in [0.15, 0.2) is 0 Å². The van der Waals surface area contributed by atoms with E-state index in [4.69, 9.17) is 0 Å². The molecule has 0 bridgehead atoms. The first-order valence-electron chi connectivity index (χ1n) is 8.84. The molecule has 0 aliphatic carbocycles. The number of hydrogen-bond acceptors (Lipinski definition) is 4. The third-order valence-corrected chi connectivity index (χ3v) is 5.19. The van der Waals surface area contributed by atoms with Crippen LogP contribution < -0.4 is 4.90 Å². The van der Waals surface area contributed by atoms with Gasteiger partial charge >= 0.3 is 0 Å². The van der Waals surface area contributed by atoms with Gasteiger partial charge in [-0.15, -0.1) is 0 Å². The molecule has 1 fully saturated rings. The van der Waals surface area contributed by atoms with Crippen molar-refractivity contribution in [3.63, 3.8) is 0 Å². The number of aryl methyl sites for hydroxylation is 1. The van der Waals surface area contributed by atoms with Crippen LogP contribution in [0, 0.1) is 29.6 Å². The Morgan fingerprint density at radius 3 is 2.27 bits per heavy atom. The lowest BCUT2D eigenvalue weighted by Crippen LogP contribution is -2.35. The van der Waals surface area contributed by atoms with Crippen molar-refractivity contribution in [3.05, 3.63) is 59.4 Å². The van der Waals surface area contributed by atoms with Crippen LogP contribution in [-0.4, -0.2) is 22.6 Å². The Balaban J connectivity index is 1.62. The van der Waals surface area contributed by atoms with Gasteiger partial charge in [-0.05, 0) is 44.0 Å². The second kappa shape index (κ2) is 6.54. The highest BCUT2D eigenvalue weighted by molar-refractivity contribution is 5.76. The fraction of sp³-hybridized carbons (Fsp3) is 0.286. The quantitative estimate of drug-likeness (QED) is 0.708. The highest BCUT2D eigenvalue weighted by Crippen LogP contribution is 2.33. The standard InChI is InChI=1S/C21H19N5/c1-15-24-19-7-2-3-8-20(19)26(15)18-9-11-25(12-10-18)21-16(13-22)5-4-6-17(21)14-23/h2-8,18H,9-12H2,1H3. The molecule has 0 amide bonds. The molecule has 0 unspecified atom stereocenters. The van der Waals surface area contributed by atoms with Crippen molar-refractivity contribution in [1.82, 2.24) is 9.55 Å². The van der Waals surface area contributed by atoms with E-state index < -0.39 is 0 Å². The van der Waals surface area contributed by atoms with E-state index in [0.717, 1.165) is 43.0 Å². The van der Waals surface area contributed by atoms with Gasteiger partial charge in [-0.1, -0.05) is 18.2 Å². The van der Waals surface area contributed by atoms with E-state index in [1.165, 1.54) is 5.52 Å². The fourth-order valence-electron chi connectivity index (χ4n) is 4.04. The molecule has 3 aromatic rings. The summed E-state index contributed by atoms with van der Waals surface area (Å²) in [7, 11) is 0. The Hall–Kier alpha value is -3.31. The molecule has 1 saturated heterocycles. The van der Waals surface area contributed by atoms with Crippen molar-refractivity contribution in [2.45, 2.75) is 25.8 Å². The number of anilines is 1. The zero-order valence-corrected chi connectivity index (χ0v) is 14.7. The van der Waals surface area contributed by atoms with Crippen LogP contribution in [-0.2, 0) is 0 Å². The number of nitrogens with zero attached hydrogens (tertiary/aromatic N) is 5. The van der Waals surface area contributed by atoms with Crippen molar-refractivity contribution in [1.29, 1.82) is 10.5 Å². The summed E-state index contributed by atoms with van der Waals surface area (Å²) < 4.78 is 2.34. The summed E-state index contributed by atoms with van der Waals surface area (Å²) in [5, 5.41) is 18.9. The first-order valence-corrected chi connectivity index (χ1v) is 8.84. The van der Waals surface area contributed by atoms with E-state index in [9.17, 15) is 10.5 Å². The van der Waals surface area contributed by atoms with E-state index >= 15 is 0 Å². The van der Waals surface area contributed by atoms with Crippen LogP contribution in [0.3, 0.4) is 0 Å². The van der Waals surface area contributed by atoms with Crippen LogP contribution in [0.4, 0.5) is 5.69 Å². The third-order valence-electron chi connectivity index (χ3n) is 5.19. The molecule has 1 aromatic heterocycles. The number of para-hydroxylation sites is 3. The van der Waals surface area contributed by atoms with Gasteiger partial charge in [0.2, 0.25) is 0 Å². The van der Waals surface area contributed by atoms with E-state index in [-0.39, 0.29) is 0 Å². The van der Waals surface area contributed by atoms with E-state index in [2.05, 4.69) is 51.7 Å². The predicted octanol–water partition coefficient (Wildman–Crippen LogP) is 3.93. The number of nitriles is 2. The molecule has 0 N–H and O–H groups in total. The van der Waals surface area contributed by atoms with Crippen molar-refractivity contribution < 1.29 is 0 Å². The fourth-order valence-corrected chi connectivity index (χ4v) is 4.04. The van der Waals surface area contributed by atoms with E-state index in [1.54, 1.807) is 18.2 Å². The average Bonchev–Trinajstić information content (AvgIpc) is 3.03. The molecule has 0 atom stereocenters. The summed E-state index contributed by atoms with van der Waals surface area (Å²) in [6.07, 6.45) is 1.93. The summed E-state index contributed by atoms with van der Waals surface area (Å²) in [6, 6.07) is 18.4. The van der Waals surface area contributed by atoms with Gasteiger partial charge in [-0.3, -0.25) is 0 Å². The Bertz CT molecular complexity index is 1010. The molecule has 2 heterocycles. The minimum absolute atomic E-state index is 0.387. The number of rotatable bonds is 2. The highest BCUT2D eigenvalue weighted by atomic mass is 15.2. The summed E-state index contributed by atoms with van der Waals surface area (Å²) in [6.45, 7) is 3.71. The largest absolute Gasteiger partial charge is 0.369 e. The van der Waals surface area contributed by atoms with Gasteiger partial charge in [-0.25, -0.2) is 4.98 Å². The Labute approximate surface area is 152 Å². The second-order valence-corrected chi connectivity index (χ2v) is 6.66. The summed E-state index contributed by atoms with van der Waals surface area (Å²) in [5.74, 6) is 1.04. The molecular weight excluding hydrogens is 322 g/mol. The molecule has 5 heteroatoms. The van der Waals surface area contributed by atoms with Crippen LogP contribution in [0.25, 0.3) is 11.0 Å². The number of benzene rings is 2. The van der Waals surface area contributed by atoms with Gasteiger partial charge < -0.3 is 9.47 Å².